The number of nitrogens with one attached hydrogen (secondary N) is 2. The van der Waals surface area contributed by atoms with Crippen LogP contribution < -0.4 is 15.7 Å². The summed E-state index contributed by atoms with van der Waals surface area (Å²) in [6.07, 6.45) is -0.255. The van der Waals surface area contributed by atoms with Crippen molar-refractivity contribution in [1.29, 1.82) is 0 Å². The molecule has 0 saturated heterocycles. The maximum atomic E-state index is 12.0. The molecule has 2 amide bonds. The number of carbonyl (C=O) groups excluding carboxylic acids is 2. The molecule has 21 heavy (non-hydrogen) atoms. The van der Waals surface area contributed by atoms with Gasteiger partial charge in [-0.3, -0.25) is 4.79 Å². The lowest BCUT2D eigenvalue weighted by Gasteiger charge is -2.07. The Morgan fingerprint density at radius 1 is 1.24 bits per heavy atom. The zero-order valence-corrected chi connectivity index (χ0v) is 11.5. The molecule has 0 spiro atoms. The summed E-state index contributed by atoms with van der Waals surface area (Å²) in [6.45, 7) is 0.134. The van der Waals surface area contributed by atoms with Crippen LogP contribution in [-0.2, 0) is 0 Å². The van der Waals surface area contributed by atoms with Crippen LogP contribution in [0, 0.1) is 0 Å². The summed E-state index contributed by atoms with van der Waals surface area (Å²) >= 11 is 6.05. The van der Waals surface area contributed by atoms with Crippen molar-refractivity contribution in [3.8, 4) is 11.3 Å². The fraction of sp³-hybridized carbons (Fsp3) is 0.154. The predicted octanol–water partition coefficient (Wildman–Crippen LogP) is 0.658. The van der Waals surface area contributed by atoms with E-state index in [1.807, 2.05) is 5.32 Å². The van der Waals surface area contributed by atoms with Crippen molar-refractivity contribution in [1.82, 2.24) is 15.6 Å². The highest BCUT2D eigenvalue weighted by molar-refractivity contribution is 6.33. The number of rotatable bonds is 5. The second-order valence-corrected chi connectivity index (χ2v) is 4.39. The summed E-state index contributed by atoms with van der Waals surface area (Å²) in [7, 11) is 0. The van der Waals surface area contributed by atoms with Crippen molar-refractivity contribution in [3.05, 3.63) is 41.4 Å². The summed E-state index contributed by atoms with van der Waals surface area (Å²) in [5.41, 5.74) is 0.631. The SMILES string of the molecule is O=C([O-])NCCNC(=O)c1ncoc1-c1ccccc1Cl. The minimum Gasteiger partial charge on any atom is -0.530 e. The lowest BCUT2D eigenvalue weighted by atomic mass is 10.1. The lowest BCUT2D eigenvalue weighted by molar-refractivity contribution is -0.250. The van der Waals surface area contributed by atoms with E-state index in [1.165, 1.54) is 0 Å². The molecule has 0 radical (unpaired) electrons. The van der Waals surface area contributed by atoms with Gasteiger partial charge < -0.3 is 25.0 Å². The van der Waals surface area contributed by atoms with Gasteiger partial charge in [-0.25, -0.2) is 4.98 Å². The van der Waals surface area contributed by atoms with Crippen LogP contribution in [0.4, 0.5) is 4.79 Å². The first-order valence-corrected chi connectivity index (χ1v) is 6.39. The summed E-state index contributed by atoms with van der Waals surface area (Å²) < 4.78 is 5.22. The maximum Gasteiger partial charge on any atom is 0.273 e. The van der Waals surface area contributed by atoms with Gasteiger partial charge in [0.1, 0.15) is 6.09 Å². The zero-order valence-electron chi connectivity index (χ0n) is 10.8. The molecule has 2 N–H and O–H groups in total. The molecular formula is C13H11ClN3O4-. The number of hydrogen-bond acceptors (Lipinski definition) is 5. The summed E-state index contributed by atoms with van der Waals surface area (Å²) in [5, 5.41) is 15.1. The van der Waals surface area contributed by atoms with Crippen LogP contribution >= 0.6 is 11.6 Å². The van der Waals surface area contributed by atoms with Crippen LogP contribution in [0.25, 0.3) is 11.3 Å². The van der Waals surface area contributed by atoms with E-state index in [4.69, 9.17) is 16.0 Å². The summed E-state index contributed by atoms with van der Waals surface area (Å²) in [5.74, 6) is -0.232. The zero-order chi connectivity index (χ0) is 15.2. The minimum atomic E-state index is -1.40. The van der Waals surface area contributed by atoms with Crippen molar-refractivity contribution in [2.45, 2.75) is 0 Å². The highest BCUT2D eigenvalue weighted by Gasteiger charge is 2.19. The van der Waals surface area contributed by atoms with E-state index in [0.29, 0.717) is 10.6 Å². The average molecular weight is 309 g/mol. The molecule has 0 aliphatic carbocycles. The quantitative estimate of drug-likeness (QED) is 0.789. The molecule has 0 aliphatic rings. The molecule has 110 valence electrons. The molecule has 1 heterocycles. The Bertz CT molecular complexity index is 656. The number of aromatic nitrogens is 1. The number of amides is 2. The normalized spacial score (nSPS) is 10.1. The van der Waals surface area contributed by atoms with Gasteiger partial charge in [-0.15, -0.1) is 0 Å². The molecule has 0 aliphatic heterocycles. The molecule has 0 saturated carbocycles. The van der Waals surface area contributed by atoms with Gasteiger partial charge >= 0.3 is 0 Å². The maximum absolute atomic E-state index is 12.0. The number of carbonyl (C=O) groups is 2. The largest absolute Gasteiger partial charge is 0.530 e. The Labute approximate surface area is 124 Å². The monoisotopic (exact) mass is 308 g/mol. The van der Waals surface area contributed by atoms with Gasteiger partial charge in [0.05, 0.1) is 5.02 Å². The van der Waals surface area contributed by atoms with E-state index >= 15 is 0 Å². The highest BCUT2D eigenvalue weighted by atomic mass is 35.5. The van der Waals surface area contributed by atoms with Gasteiger partial charge in [-0.2, -0.15) is 0 Å². The molecule has 7 nitrogen and oxygen atoms in total. The first-order chi connectivity index (χ1) is 10.1. The van der Waals surface area contributed by atoms with Gasteiger partial charge in [-0.1, -0.05) is 23.7 Å². The fourth-order valence-corrected chi connectivity index (χ4v) is 1.89. The van der Waals surface area contributed by atoms with E-state index in [0.717, 1.165) is 6.39 Å². The molecule has 2 rings (SSSR count). The van der Waals surface area contributed by atoms with Crippen molar-refractivity contribution in [2.75, 3.05) is 13.1 Å². The lowest BCUT2D eigenvalue weighted by Crippen LogP contribution is -2.41. The van der Waals surface area contributed by atoms with E-state index in [9.17, 15) is 14.7 Å². The van der Waals surface area contributed by atoms with Crippen LogP contribution in [0.5, 0.6) is 0 Å². The number of benzene rings is 1. The van der Waals surface area contributed by atoms with Crippen LogP contribution in [0.2, 0.25) is 5.02 Å². The predicted molar refractivity (Wildman–Crippen MR) is 72.7 cm³/mol. The number of carboxylic acid groups (broad SMARTS) is 1. The smallest absolute Gasteiger partial charge is 0.273 e. The van der Waals surface area contributed by atoms with E-state index in [-0.39, 0.29) is 24.5 Å². The average Bonchev–Trinajstić information content (AvgIpc) is 2.93. The third-order valence-corrected chi connectivity index (χ3v) is 2.91. The molecule has 0 atom stereocenters. The molecule has 1 aromatic heterocycles. The Hall–Kier alpha value is -2.54. The number of halogens is 1. The Morgan fingerprint density at radius 2 is 1.95 bits per heavy atom. The van der Waals surface area contributed by atoms with Crippen LogP contribution in [-0.4, -0.2) is 30.1 Å². The minimum absolute atomic E-state index is 0.0351. The molecule has 0 fully saturated rings. The molecule has 1 aromatic carbocycles. The standard InChI is InChI=1S/C13H12ClN3O4/c14-9-4-2-1-3-8(9)11-10(17-7-21-11)12(18)15-5-6-16-13(19)20/h1-4,7,16H,5-6H2,(H,15,18)(H,19,20)/p-1. The second kappa shape index (κ2) is 6.76. The number of oxazole rings is 1. The van der Waals surface area contributed by atoms with Gasteiger partial charge in [0.2, 0.25) is 0 Å². The highest BCUT2D eigenvalue weighted by Crippen LogP contribution is 2.29. The second-order valence-electron chi connectivity index (χ2n) is 3.98. The molecule has 0 bridgehead atoms. The van der Waals surface area contributed by atoms with Gasteiger partial charge in [0, 0.05) is 18.7 Å². The van der Waals surface area contributed by atoms with Crippen LogP contribution in [0.1, 0.15) is 10.5 Å². The Balaban J connectivity index is 2.08. The first kappa shape index (κ1) is 14.9. The molecular weight excluding hydrogens is 298 g/mol. The number of hydrogen-bond donors (Lipinski definition) is 2. The van der Waals surface area contributed by atoms with E-state index < -0.39 is 12.0 Å². The number of nitrogens with zero attached hydrogens (tertiary/aromatic N) is 1. The first-order valence-electron chi connectivity index (χ1n) is 6.01. The fourth-order valence-electron chi connectivity index (χ4n) is 1.67. The Kier molecular flexibility index (Phi) is 4.78. The van der Waals surface area contributed by atoms with Crippen molar-refractivity contribution >= 4 is 23.6 Å². The van der Waals surface area contributed by atoms with Gasteiger partial charge in [0.25, 0.3) is 5.91 Å². The van der Waals surface area contributed by atoms with Crippen molar-refractivity contribution < 1.29 is 19.1 Å². The van der Waals surface area contributed by atoms with Crippen molar-refractivity contribution in [3.63, 3.8) is 0 Å². The Morgan fingerprint density at radius 3 is 2.67 bits per heavy atom. The summed E-state index contributed by atoms with van der Waals surface area (Å²) in [6, 6.07) is 6.89. The van der Waals surface area contributed by atoms with Crippen molar-refractivity contribution in [2.24, 2.45) is 0 Å². The van der Waals surface area contributed by atoms with Gasteiger partial charge in [0.15, 0.2) is 17.8 Å². The molecule has 2 aromatic rings. The van der Waals surface area contributed by atoms with E-state index in [2.05, 4.69) is 10.3 Å². The van der Waals surface area contributed by atoms with Crippen LogP contribution in [0.3, 0.4) is 0 Å². The molecule has 0 unspecified atom stereocenters. The third kappa shape index (κ3) is 3.73. The third-order valence-electron chi connectivity index (χ3n) is 2.58. The van der Waals surface area contributed by atoms with E-state index in [1.54, 1.807) is 24.3 Å². The molecule has 8 heteroatoms. The topological polar surface area (TPSA) is 107 Å². The summed E-state index contributed by atoms with van der Waals surface area (Å²) in [4.78, 5) is 26.0. The van der Waals surface area contributed by atoms with Crippen LogP contribution in [0.15, 0.2) is 35.1 Å². The van der Waals surface area contributed by atoms with Gasteiger partial charge in [-0.05, 0) is 12.1 Å².